The zero-order valence-corrected chi connectivity index (χ0v) is 25.1. The van der Waals surface area contributed by atoms with Crippen molar-refractivity contribution in [2.24, 2.45) is 11.8 Å². The van der Waals surface area contributed by atoms with Crippen LogP contribution in [0.5, 0.6) is 0 Å². The van der Waals surface area contributed by atoms with E-state index in [1.54, 1.807) is 0 Å². The first-order chi connectivity index (χ1) is 20.0. The molecule has 4 heterocycles. The molecule has 2 aliphatic heterocycles. The SMILES string of the molecule is C[C@@H]1CCN(Cc2ccccc2)C[C@H]1N(C)c1nc(N(C)[C@@H]2CN(Cc3ccccc3)CC[C@H]2C)c2cc[nH]c2n1. The van der Waals surface area contributed by atoms with Gasteiger partial charge in [0.2, 0.25) is 5.95 Å². The summed E-state index contributed by atoms with van der Waals surface area (Å²) < 4.78 is 0. The van der Waals surface area contributed by atoms with Crippen molar-refractivity contribution in [1.82, 2.24) is 24.8 Å². The van der Waals surface area contributed by atoms with Gasteiger partial charge in [-0.25, -0.2) is 0 Å². The summed E-state index contributed by atoms with van der Waals surface area (Å²) >= 11 is 0. The van der Waals surface area contributed by atoms with Crippen LogP contribution in [-0.2, 0) is 13.1 Å². The number of likely N-dealkylation sites (tertiary alicyclic amines) is 2. The van der Waals surface area contributed by atoms with E-state index in [9.17, 15) is 0 Å². The van der Waals surface area contributed by atoms with E-state index in [0.717, 1.165) is 62.1 Å². The van der Waals surface area contributed by atoms with E-state index in [4.69, 9.17) is 9.97 Å². The zero-order valence-electron chi connectivity index (χ0n) is 25.1. The standard InChI is InChI=1S/C34H45N7/c1-25-16-19-40(21-27-11-7-5-8-12-27)23-30(25)38(3)33-29-15-18-35-32(29)36-34(37-33)39(4)31-24-41(20-17-26(31)2)22-28-13-9-6-10-14-28/h5-15,18,25-26,30-31H,16-17,19-24H2,1-4H3,(H,35,36,37)/t25-,26-,30-,31-/m1/s1. The topological polar surface area (TPSA) is 54.5 Å². The molecule has 0 unspecified atom stereocenters. The summed E-state index contributed by atoms with van der Waals surface area (Å²) in [6, 6.07) is 24.5. The van der Waals surface area contributed by atoms with Crippen molar-refractivity contribution in [3.05, 3.63) is 84.1 Å². The number of nitrogens with zero attached hydrogens (tertiary/aromatic N) is 6. The highest BCUT2D eigenvalue weighted by Gasteiger charge is 2.33. The van der Waals surface area contributed by atoms with Crippen LogP contribution in [0.1, 0.15) is 37.8 Å². The zero-order chi connectivity index (χ0) is 28.3. The minimum atomic E-state index is 0.355. The van der Waals surface area contributed by atoms with Crippen molar-refractivity contribution < 1.29 is 0 Å². The van der Waals surface area contributed by atoms with E-state index >= 15 is 0 Å². The molecule has 7 nitrogen and oxygen atoms in total. The molecule has 0 spiro atoms. The Labute approximate surface area is 245 Å². The highest BCUT2D eigenvalue weighted by atomic mass is 15.3. The first-order valence-electron chi connectivity index (χ1n) is 15.3. The molecule has 0 radical (unpaired) electrons. The van der Waals surface area contributed by atoms with Crippen LogP contribution in [0.2, 0.25) is 0 Å². The number of anilines is 2. The number of hydrogen-bond acceptors (Lipinski definition) is 6. The van der Waals surface area contributed by atoms with Gasteiger partial charge >= 0.3 is 0 Å². The Bertz CT molecular complexity index is 1400. The molecule has 1 N–H and O–H groups in total. The van der Waals surface area contributed by atoms with Crippen LogP contribution < -0.4 is 9.80 Å². The number of H-pyrrole nitrogens is 1. The van der Waals surface area contributed by atoms with Crippen molar-refractivity contribution in [2.45, 2.75) is 51.9 Å². The summed E-state index contributed by atoms with van der Waals surface area (Å²) in [5, 5.41) is 1.10. The van der Waals surface area contributed by atoms with Crippen LogP contribution in [0, 0.1) is 11.8 Å². The van der Waals surface area contributed by atoms with Crippen molar-refractivity contribution in [3.8, 4) is 0 Å². The molecule has 4 atom stereocenters. The van der Waals surface area contributed by atoms with E-state index in [0.29, 0.717) is 23.9 Å². The Morgan fingerprint density at radius 2 is 1.27 bits per heavy atom. The van der Waals surface area contributed by atoms with Crippen molar-refractivity contribution in [2.75, 3.05) is 50.1 Å². The number of likely N-dealkylation sites (N-methyl/N-ethyl adjacent to an activating group) is 2. The molecule has 7 heteroatoms. The number of aromatic amines is 1. The van der Waals surface area contributed by atoms with Gasteiger partial charge in [-0.1, -0.05) is 74.5 Å². The van der Waals surface area contributed by atoms with E-state index in [1.807, 2.05) is 6.20 Å². The Kier molecular flexibility index (Phi) is 8.26. The quantitative estimate of drug-likeness (QED) is 0.305. The number of piperidine rings is 2. The smallest absolute Gasteiger partial charge is 0.229 e. The summed E-state index contributed by atoms with van der Waals surface area (Å²) in [6.45, 7) is 11.1. The van der Waals surface area contributed by atoms with Gasteiger partial charge in [-0.2, -0.15) is 9.97 Å². The van der Waals surface area contributed by atoms with Gasteiger partial charge in [-0.3, -0.25) is 9.80 Å². The third kappa shape index (κ3) is 6.11. The summed E-state index contributed by atoms with van der Waals surface area (Å²) in [5.74, 6) is 2.99. The molecule has 0 bridgehead atoms. The summed E-state index contributed by atoms with van der Waals surface area (Å²) in [7, 11) is 4.42. The fourth-order valence-corrected chi connectivity index (χ4v) is 6.85. The van der Waals surface area contributed by atoms with Crippen LogP contribution in [0.4, 0.5) is 11.8 Å². The monoisotopic (exact) mass is 551 g/mol. The lowest BCUT2D eigenvalue weighted by Gasteiger charge is -2.43. The third-order valence-corrected chi connectivity index (χ3v) is 9.53. The number of nitrogens with one attached hydrogen (secondary N) is 1. The predicted octanol–water partition coefficient (Wildman–Crippen LogP) is 5.65. The highest BCUT2D eigenvalue weighted by molar-refractivity contribution is 5.88. The van der Waals surface area contributed by atoms with Crippen LogP contribution in [-0.4, -0.2) is 77.1 Å². The largest absolute Gasteiger partial charge is 0.354 e. The molecule has 216 valence electrons. The molecule has 6 rings (SSSR count). The molecule has 2 saturated heterocycles. The van der Waals surface area contributed by atoms with Crippen molar-refractivity contribution in [3.63, 3.8) is 0 Å². The molecular weight excluding hydrogens is 506 g/mol. The Morgan fingerprint density at radius 3 is 1.83 bits per heavy atom. The van der Waals surface area contributed by atoms with E-state index in [-0.39, 0.29) is 0 Å². The molecule has 4 aromatic rings. The van der Waals surface area contributed by atoms with Gasteiger partial charge in [-0.05, 0) is 55.0 Å². The number of benzene rings is 2. The lowest BCUT2D eigenvalue weighted by molar-refractivity contribution is 0.158. The highest BCUT2D eigenvalue weighted by Crippen LogP contribution is 2.33. The second-order valence-corrected chi connectivity index (χ2v) is 12.4. The molecule has 2 aromatic carbocycles. The minimum Gasteiger partial charge on any atom is -0.354 e. The fourth-order valence-electron chi connectivity index (χ4n) is 6.85. The molecule has 41 heavy (non-hydrogen) atoms. The number of fused-ring (bicyclic) bond motifs is 1. The number of hydrogen-bond donors (Lipinski definition) is 1. The second kappa shape index (κ2) is 12.2. The summed E-state index contributed by atoms with van der Waals surface area (Å²) in [4.78, 5) is 23.7. The van der Waals surface area contributed by atoms with Gasteiger partial charge in [0, 0.05) is 58.6 Å². The minimum absolute atomic E-state index is 0.355. The number of rotatable bonds is 8. The molecular formula is C34H45N7. The summed E-state index contributed by atoms with van der Waals surface area (Å²) in [5.41, 5.74) is 3.67. The van der Waals surface area contributed by atoms with Gasteiger partial charge in [0.25, 0.3) is 0 Å². The molecule has 2 aliphatic rings. The van der Waals surface area contributed by atoms with Gasteiger partial charge in [0.15, 0.2) is 0 Å². The molecule has 2 aromatic heterocycles. The fraction of sp³-hybridized carbons (Fsp3) is 0.471. The molecule has 0 saturated carbocycles. The lowest BCUT2D eigenvalue weighted by Crippen LogP contribution is -2.52. The first-order valence-corrected chi connectivity index (χ1v) is 15.3. The Hall–Kier alpha value is -3.42. The van der Waals surface area contributed by atoms with Gasteiger partial charge in [0.1, 0.15) is 11.5 Å². The summed E-state index contributed by atoms with van der Waals surface area (Å²) in [6.07, 6.45) is 4.36. The maximum atomic E-state index is 5.29. The van der Waals surface area contributed by atoms with Crippen LogP contribution in [0.15, 0.2) is 72.9 Å². The van der Waals surface area contributed by atoms with Crippen LogP contribution in [0.25, 0.3) is 11.0 Å². The van der Waals surface area contributed by atoms with E-state index in [1.165, 1.54) is 24.0 Å². The van der Waals surface area contributed by atoms with Crippen molar-refractivity contribution >= 4 is 22.8 Å². The van der Waals surface area contributed by atoms with Crippen molar-refractivity contribution in [1.29, 1.82) is 0 Å². The predicted molar refractivity (Wildman–Crippen MR) is 169 cm³/mol. The lowest BCUT2D eigenvalue weighted by atomic mass is 9.92. The number of aromatic nitrogens is 3. The molecule has 2 fully saturated rings. The maximum Gasteiger partial charge on any atom is 0.229 e. The van der Waals surface area contributed by atoms with Gasteiger partial charge < -0.3 is 14.8 Å². The molecule has 0 amide bonds. The first kappa shape index (κ1) is 27.7. The third-order valence-electron chi connectivity index (χ3n) is 9.53. The Morgan fingerprint density at radius 1 is 0.732 bits per heavy atom. The maximum absolute atomic E-state index is 5.29. The Balaban J connectivity index is 1.23. The average Bonchev–Trinajstić information content (AvgIpc) is 3.48. The van der Waals surface area contributed by atoms with Gasteiger partial charge in [0.05, 0.1) is 5.39 Å². The molecule has 0 aliphatic carbocycles. The normalized spacial score (nSPS) is 24.0. The second-order valence-electron chi connectivity index (χ2n) is 12.4. The van der Waals surface area contributed by atoms with Gasteiger partial charge in [-0.15, -0.1) is 0 Å². The van der Waals surface area contributed by atoms with E-state index < -0.39 is 0 Å². The average molecular weight is 552 g/mol. The van der Waals surface area contributed by atoms with Crippen LogP contribution in [0.3, 0.4) is 0 Å². The van der Waals surface area contributed by atoms with Crippen LogP contribution >= 0.6 is 0 Å². The van der Waals surface area contributed by atoms with E-state index in [2.05, 4.69) is 119 Å².